The van der Waals surface area contributed by atoms with Gasteiger partial charge in [0.05, 0.1) is 20.8 Å². The summed E-state index contributed by atoms with van der Waals surface area (Å²) in [5.41, 5.74) is 2.15. The van der Waals surface area contributed by atoms with Crippen LogP contribution in [0.5, 0.6) is 17.2 Å². The van der Waals surface area contributed by atoms with Crippen molar-refractivity contribution in [2.45, 2.75) is 45.2 Å². The van der Waals surface area contributed by atoms with Gasteiger partial charge in [0, 0.05) is 31.8 Å². The highest BCUT2D eigenvalue weighted by atomic mass is 16.5. The van der Waals surface area contributed by atoms with Crippen molar-refractivity contribution in [1.82, 2.24) is 10.2 Å². The fraction of sp³-hybridized carbons (Fsp3) is 0.444. The molecular formula is C27H36N2O4. The summed E-state index contributed by atoms with van der Waals surface area (Å²) < 4.78 is 16.5. The zero-order valence-corrected chi connectivity index (χ0v) is 20.0. The Labute approximate surface area is 197 Å². The van der Waals surface area contributed by atoms with Crippen LogP contribution < -0.4 is 19.5 Å². The van der Waals surface area contributed by atoms with Gasteiger partial charge in [0.1, 0.15) is 5.75 Å². The molecule has 6 heteroatoms. The number of nitrogens with zero attached hydrogens (tertiary/aromatic N) is 1. The van der Waals surface area contributed by atoms with Crippen molar-refractivity contribution in [1.29, 1.82) is 0 Å². The van der Waals surface area contributed by atoms with E-state index in [2.05, 4.69) is 29.3 Å². The van der Waals surface area contributed by atoms with Gasteiger partial charge in [-0.1, -0.05) is 31.5 Å². The third kappa shape index (κ3) is 7.82. The van der Waals surface area contributed by atoms with Gasteiger partial charge in [0.15, 0.2) is 11.5 Å². The number of likely N-dealkylation sites (tertiary alicyclic amines) is 1. The van der Waals surface area contributed by atoms with E-state index in [1.165, 1.54) is 5.56 Å². The summed E-state index contributed by atoms with van der Waals surface area (Å²) in [5.74, 6) is 2.23. The van der Waals surface area contributed by atoms with Crippen LogP contribution >= 0.6 is 0 Å². The Kier molecular flexibility index (Phi) is 9.63. The number of amides is 1. The summed E-state index contributed by atoms with van der Waals surface area (Å²) in [7, 11) is 3.32. The number of hydrogen-bond acceptors (Lipinski definition) is 5. The van der Waals surface area contributed by atoms with Crippen LogP contribution in [0.3, 0.4) is 0 Å². The zero-order chi connectivity index (χ0) is 23.5. The normalized spacial score (nSPS) is 14.9. The average molecular weight is 453 g/mol. The van der Waals surface area contributed by atoms with Crippen LogP contribution in [0.4, 0.5) is 0 Å². The third-order valence-electron chi connectivity index (χ3n) is 5.84. The third-order valence-corrected chi connectivity index (χ3v) is 5.84. The number of carbonyl (C=O) groups excluding carboxylic acids is 1. The van der Waals surface area contributed by atoms with Crippen molar-refractivity contribution >= 4 is 12.0 Å². The Morgan fingerprint density at radius 3 is 2.64 bits per heavy atom. The smallest absolute Gasteiger partial charge is 0.244 e. The van der Waals surface area contributed by atoms with Crippen molar-refractivity contribution in [3.8, 4) is 17.2 Å². The fourth-order valence-corrected chi connectivity index (χ4v) is 3.92. The highest BCUT2D eigenvalue weighted by Crippen LogP contribution is 2.28. The number of unbranched alkanes of at least 4 members (excludes halogenated alkanes) is 1. The van der Waals surface area contributed by atoms with Crippen molar-refractivity contribution in [3.63, 3.8) is 0 Å². The molecule has 0 spiro atoms. The van der Waals surface area contributed by atoms with Gasteiger partial charge in [-0.05, 0) is 60.7 Å². The van der Waals surface area contributed by atoms with Gasteiger partial charge in [-0.3, -0.25) is 9.69 Å². The largest absolute Gasteiger partial charge is 0.497 e. The molecule has 0 aromatic heterocycles. The number of hydrogen-bond donors (Lipinski definition) is 1. The minimum Gasteiger partial charge on any atom is -0.497 e. The first-order valence-corrected chi connectivity index (χ1v) is 11.8. The molecule has 6 nitrogen and oxygen atoms in total. The number of ether oxygens (including phenoxy) is 3. The number of carbonyl (C=O) groups is 1. The van der Waals surface area contributed by atoms with Crippen molar-refractivity contribution in [2.75, 3.05) is 33.9 Å². The van der Waals surface area contributed by atoms with Crippen LogP contribution in [0.25, 0.3) is 6.08 Å². The van der Waals surface area contributed by atoms with E-state index in [-0.39, 0.29) is 11.9 Å². The monoisotopic (exact) mass is 452 g/mol. The second-order valence-electron chi connectivity index (χ2n) is 8.36. The Bertz CT molecular complexity index is 920. The molecule has 1 fully saturated rings. The van der Waals surface area contributed by atoms with Gasteiger partial charge in [0.2, 0.25) is 5.91 Å². The highest BCUT2D eigenvalue weighted by molar-refractivity contribution is 5.92. The van der Waals surface area contributed by atoms with E-state index in [9.17, 15) is 4.79 Å². The van der Waals surface area contributed by atoms with Crippen LogP contribution in [0.1, 0.15) is 43.7 Å². The molecule has 2 aromatic carbocycles. The SMILES string of the molecule is CCCCOc1ccc(C=CC(=O)NC2CCN(Cc3cccc(OC)c3)CC2)cc1OC. The Morgan fingerprint density at radius 1 is 1.09 bits per heavy atom. The van der Waals surface area contributed by atoms with E-state index in [1.807, 2.05) is 36.4 Å². The number of piperidine rings is 1. The fourth-order valence-electron chi connectivity index (χ4n) is 3.92. The first-order chi connectivity index (χ1) is 16.1. The summed E-state index contributed by atoms with van der Waals surface area (Å²) in [4.78, 5) is 14.9. The second-order valence-corrected chi connectivity index (χ2v) is 8.36. The molecule has 2 aromatic rings. The maximum Gasteiger partial charge on any atom is 0.244 e. The van der Waals surface area contributed by atoms with Crippen molar-refractivity contribution in [3.05, 3.63) is 59.7 Å². The summed E-state index contributed by atoms with van der Waals surface area (Å²) in [5, 5.41) is 3.14. The van der Waals surface area contributed by atoms with E-state index in [1.54, 1.807) is 20.3 Å². The lowest BCUT2D eigenvalue weighted by Crippen LogP contribution is -2.43. The highest BCUT2D eigenvalue weighted by Gasteiger charge is 2.20. The van der Waals surface area contributed by atoms with Crippen LogP contribution in [0.15, 0.2) is 48.5 Å². The van der Waals surface area contributed by atoms with Gasteiger partial charge >= 0.3 is 0 Å². The number of rotatable bonds is 11. The molecule has 0 radical (unpaired) electrons. The molecule has 1 saturated heterocycles. The van der Waals surface area contributed by atoms with Crippen LogP contribution in [-0.2, 0) is 11.3 Å². The molecule has 0 aliphatic carbocycles. The van der Waals surface area contributed by atoms with Gasteiger partial charge in [0.25, 0.3) is 0 Å². The zero-order valence-electron chi connectivity index (χ0n) is 20.0. The molecule has 0 unspecified atom stereocenters. The summed E-state index contributed by atoms with van der Waals surface area (Å²) in [6.45, 7) is 5.62. The molecule has 0 atom stereocenters. The minimum atomic E-state index is -0.0662. The molecule has 1 amide bonds. The van der Waals surface area contributed by atoms with Crippen molar-refractivity contribution in [2.24, 2.45) is 0 Å². The molecule has 1 N–H and O–H groups in total. The number of benzene rings is 2. The summed E-state index contributed by atoms with van der Waals surface area (Å²) in [6.07, 6.45) is 7.38. The maximum absolute atomic E-state index is 12.4. The quantitative estimate of drug-likeness (QED) is 0.396. The average Bonchev–Trinajstić information content (AvgIpc) is 2.84. The summed E-state index contributed by atoms with van der Waals surface area (Å²) >= 11 is 0. The first-order valence-electron chi connectivity index (χ1n) is 11.8. The van der Waals surface area contributed by atoms with Crippen LogP contribution in [-0.4, -0.2) is 50.8 Å². The van der Waals surface area contributed by atoms with E-state index in [0.29, 0.717) is 12.4 Å². The molecule has 0 bridgehead atoms. The Morgan fingerprint density at radius 2 is 1.91 bits per heavy atom. The number of nitrogens with one attached hydrogen (secondary N) is 1. The second kappa shape index (κ2) is 12.9. The predicted octanol–water partition coefficient (Wildman–Crippen LogP) is 4.68. The Balaban J connectivity index is 1.45. The molecule has 1 aliphatic rings. The van der Waals surface area contributed by atoms with Crippen LogP contribution in [0, 0.1) is 0 Å². The number of methoxy groups -OCH3 is 2. The maximum atomic E-state index is 12.4. The van der Waals surface area contributed by atoms with Gasteiger partial charge in [-0.2, -0.15) is 0 Å². The first kappa shape index (κ1) is 24.6. The van der Waals surface area contributed by atoms with Gasteiger partial charge in [-0.25, -0.2) is 0 Å². The molecule has 1 heterocycles. The molecule has 0 saturated carbocycles. The van der Waals surface area contributed by atoms with E-state index >= 15 is 0 Å². The lowest BCUT2D eigenvalue weighted by molar-refractivity contribution is -0.117. The van der Waals surface area contributed by atoms with E-state index < -0.39 is 0 Å². The van der Waals surface area contributed by atoms with Gasteiger partial charge < -0.3 is 19.5 Å². The summed E-state index contributed by atoms with van der Waals surface area (Å²) in [6, 6.07) is 14.1. The lowest BCUT2D eigenvalue weighted by atomic mass is 10.0. The van der Waals surface area contributed by atoms with Crippen molar-refractivity contribution < 1.29 is 19.0 Å². The minimum absolute atomic E-state index is 0.0662. The Hall–Kier alpha value is -2.99. The predicted molar refractivity (Wildman–Crippen MR) is 132 cm³/mol. The standard InChI is InChI=1S/C27H36N2O4/c1-4-5-17-33-25-11-9-21(19-26(25)32-3)10-12-27(30)28-23-13-15-29(16-14-23)20-22-7-6-8-24(18-22)31-2/h6-12,18-19,23H,4-5,13-17,20H2,1-3H3,(H,28,30). The van der Waals surface area contributed by atoms with Crippen LogP contribution in [0.2, 0.25) is 0 Å². The molecule has 178 valence electrons. The molecular weight excluding hydrogens is 416 g/mol. The molecule has 3 rings (SSSR count). The molecule has 1 aliphatic heterocycles. The van der Waals surface area contributed by atoms with E-state index in [0.717, 1.165) is 62.4 Å². The molecule has 33 heavy (non-hydrogen) atoms. The topological polar surface area (TPSA) is 60.0 Å². The van der Waals surface area contributed by atoms with E-state index in [4.69, 9.17) is 14.2 Å². The lowest BCUT2D eigenvalue weighted by Gasteiger charge is -2.32. The van der Waals surface area contributed by atoms with Gasteiger partial charge in [-0.15, -0.1) is 0 Å².